The van der Waals surface area contributed by atoms with E-state index in [1.54, 1.807) is 0 Å². The lowest BCUT2D eigenvalue weighted by Crippen LogP contribution is -2.47. The zero-order valence-corrected chi connectivity index (χ0v) is 17.0. The first-order chi connectivity index (χ1) is 12.9. The molecule has 1 aromatic carbocycles. The Bertz CT molecular complexity index is 779. The van der Waals surface area contributed by atoms with Crippen molar-refractivity contribution in [3.05, 3.63) is 46.5 Å². The van der Waals surface area contributed by atoms with Gasteiger partial charge >= 0.3 is 7.12 Å². The first-order valence-corrected chi connectivity index (χ1v) is 9.83. The highest BCUT2D eigenvalue weighted by Gasteiger charge is 2.33. The van der Waals surface area contributed by atoms with Crippen LogP contribution < -0.4 is 5.46 Å². The van der Waals surface area contributed by atoms with Gasteiger partial charge in [-0.2, -0.15) is 0 Å². The van der Waals surface area contributed by atoms with Crippen molar-refractivity contribution in [2.45, 2.75) is 46.6 Å². The number of imidazole rings is 1. The Kier molecular flexibility index (Phi) is 6.40. The Morgan fingerprint density at radius 1 is 1.26 bits per heavy atom. The second kappa shape index (κ2) is 8.59. The lowest BCUT2D eigenvalue weighted by molar-refractivity contribution is 0.0343. The molecule has 1 fully saturated rings. The van der Waals surface area contributed by atoms with Crippen molar-refractivity contribution in [1.29, 1.82) is 0 Å². The van der Waals surface area contributed by atoms with Crippen molar-refractivity contribution in [3.8, 4) is 0 Å². The van der Waals surface area contributed by atoms with Crippen molar-refractivity contribution < 1.29 is 14.1 Å². The first-order valence-electron chi connectivity index (χ1n) is 9.45. The minimum Gasteiger partial charge on any atom is -0.407 e. The molecule has 2 aromatic rings. The predicted octanol–water partition coefficient (Wildman–Crippen LogP) is 3.51. The molecule has 0 N–H and O–H groups in total. The molecule has 0 amide bonds. The fourth-order valence-corrected chi connectivity index (χ4v) is 3.39. The van der Waals surface area contributed by atoms with Crippen molar-refractivity contribution in [2.24, 2.45) is 5.41 Å². The zero-order chi connectivity index (χ0) is 19.4. The average Bonchev–Trinajstić information content (AvgIpc) is 2.95. The molecule has 1 aliphatic rings. The SMILES string of the molecule is CCCCc1nc(Cl)c(C=O)n1Cc1ccc(B2OCC(C)(C)CO2)cc1. The molecule has 27 heavy (non-hydrogen) atoms. The third-order valence-electron chi connectivity index (χ3n) is 4.75. The van der Waals surface area contributed by atoms with E-state index in [1.807, 2.05) is 28.8 Å². The van der Waals surface area contributed by atoms with Gasteiger partial charge in [-0.15, -0.1) is 0 Å². The molecule has 0 aliphatic carbocycles. The molecular weight excluding hydrogens is 362 g/mol. The van der Waals surface area contributed by atoms with Crippen LogP contribution >= 0.6 is 11.6 Å². The summed E-state index contributed by atoms with van der Waals surface area (Å²) in [5, 5.41) is 0.277. The number of carbonyl (C=O) groups excluding carboxylic acids is 1. The van der Waals surface area contributed by atoms with Crippen molar-refractivity contribution in [3.63, 3.8) is 0 Å². The number of rotatable bonds is 7. The summed E-state index contributed by atoms with van der Waals surface area (Å²) in [5.41, 5.74) is 2.56. The molecular formula is C20H26BClN2O3. The molecule has 1 aliphatic heterocycles. The van der Waals surface area contributed by atoms with E-state index < -0.39 is 0 Å². The summed E-state index contributed by atoms with van der Waals surface area (Å²) < 4.78 is 13.6. The van der Waals surface area contributed by atoms with Crippen LogP contribution in [0.25, 0.3) is 0 Å². The Labute approximate surface area is 166 Å². The number of hydrogen-bond acceptors (Lipinski definition) is 4. The number of carbonyl (C=O) groups is 1. The van der Waals surface area contributed by atoms with Crippen LogP contribution in [-0.4, -0.2) is 36.2 Å². The van der Waals surface area contributed by atoms with Crippen LogP contribution in [0, 0.1) is 5.41 Å². The molecule has 3 rings (SSSR count). The fourth-order valence-electron chi connectivity index (χ4n) is 3.14. The molecule has 5 nitrogen and oxygen atoms in total. The van der Waals surface area contributed by atoms with Gasteiger partial charge in [-0.1, -0.05) is 63.1 Å². The predicted molar refractivity (Wildman–Crippen MR) is 108 cm³/mol. The number of halogens is 1. The third kappa shape index (κ3) is 4.81. The van der Waals surface area contributed by atoms with Gasteiger partial charge in [-0.3, -0.25) is 4.79 Å². The Morgan fingerprint density at radius 2 is 1.93 bits per heavy atom. The summed E-state index contributed by atoms with van der Waals surface area (Å²) in [5.74, 6) is 0.856. The van der Waals surface area contributed by atoms with Crippen LogP contribution in [0.2, 0.25) is 5.15 Å². The standard InChI is InChI=1S/C20H26BClN2O3/c1-4-5-6-18-23-19(22)17(12-25)24(18)11-15-7-9-16(10-8-15)21-26-13-20(2,3)14-27-21/h7-10,12H,4-6,11,13-14H2,1-3H3. The number of nitrogens with zero attached hydrogens (tertiary/aromatic N) is 2. The van der Waals surface area contributed by atoms with E-state index in [0.717, 1.165) is 42.4 Å². The molecule has 1 aromatic heterocycles. The molecule has 0 unspecified atom stereocenters. The maximum atomic E-state index is 11.5. The molecule has 0 bridgehead atoms. The van der Waals surface area contributed by atoms with Gasteiger partial charge in [0.25, 0.3) is 0 Å². The summed E-state index contributed by atoms with van der Waals surface area (Å²) in [6, 6.07) is 8.11. The third-order valence-corrected chi connectivity index (χ3v) is 5.03. The van der Waals surface area contributed by atoms with Crippen LogP contribution in [0.1, 0.15) is 55.5 Å². The molecule has 0 saturated carbocycles. The van der Waals surface area contributed by atoms with Crippen molar-refractivity contribution in [1.82, 2.24) is 9.55 Å². The minimum atomic E-state index is -0.319. The van der Waals surface area contributed by atoms with Gasteiger partial charge in [-0.25, -0.2) is 4.98 Å². The zero-order valence-electron chi connectivity index (χ0n) is 16.2. The number of benzene rings is 1. The van der Waals surface area contributed by atoms with Gasteiger partial charge in [0.15, 0.2) is 11.4 Å². The van der Waals surface area contributed by atoms with E-state index in [9.17, 15) is 4.79 Å². The second-order valence-electron chi connectivity index (χ2n) is 7.87. The summed E-state index contributed by atoms with van der Waals surface area (Å²) >= 11 is 6.15. The van der Waals surface area contributed by atoms with E-state index in [-0.39, 0.29) is 17.7 Å². The summed E-state index contributed by atoms with van der Waals surface area (Å²) in [6.07, 6.45) is 3.66. The number of aldehydes is 1. The van der Waals surface area contributed by atoms with Gasteiger partial charge in [0.1, 0.15) is 11.5 Å². The first kappa shape index (κ1) is 20.1. The van der Waals surface area contributed by atoms with Crippen LogP contribution in [-0.2, 0) is 22.3 Å². The van der Waals surface area contributed by atoms with Gasteiger partial charge in [-0.05, 0) is 17.4 Å². The highest BCUT2D eigenvalue weighted by atomic mass is 35.5. The average molecular weight is 389 g/mol. The number of aromatic nitrogens is 2. The molecule has 1 saturated heterocycles. The van der Waals surface area contributed by atoms with Gasteiger partial charge in [0, 0.05) is 31.6 Å². The Balaban J connectivity index is 1.74. The largest absolute Gasteiger partial charge is 0.493 e. The normalized spacial score (nSPS) is 16.5. The topological polar surface area (TPSA) is 53.4 Å². The number of hydrogen-bond donors (Lipinski definition) is 0. The van der Waals surface area contributed by atoms with Crippen LogP contribution in [0.15, 0.2) is 24.3 Å². The van der Waals surface area contributed by atoms with Crippen LogP contribution in [0.4, 0.5) is 0 Å². The smallest absolute Gasteiger partial charge is 0.407 e. The molecule has 144 valence electrons. The van der Waals surface area contributed by atoms with E-state index in [0.29, 0.717) is 25.5 Å². The quantitative estimate of drug-likeness (QED) is 0.538. The number of unbranched alkanes of at least 4 members (excludes halogenated alkanes) is 1. The summed E-state index contributed by atoms with van der Waals surface area (Å²) in [6.45, 7) is 8.30. The van der Waals surface area contributed by atoms with E-state index in [4.69, 9.17) is 20.9 Å². The highest BCUT2D eigenvalue weighted by Crippen LogP contribution is 2.22. The van der Waals surface area contributed by atoms with Crippen LogP contribution in [0.5, 0.6) is 0 Å². The Hall–Kier alpha value is -1.63. The van der Waals surface area contributed by atoms with E-state index >= 15 is 0 Å². The lowest BCUT2D eigenvalue weighted by Gasteiger charge is -2.33. The van der Waals surface area contributed by atoms with E-state index in [1.165, 1.54) is 0 Å². The van der Waals surface area contributed by atoms with Crippen molar-refractivity contribution in [2.75, 3.05) is 13.2 Å². The van der Waals surface area contributed by atoms with Gasteiger partial charge in [0.2, 0.25) is 0 Å². The van der Waals surface area contributed by atoms with E-state index in [2.05, 4.69) is 25.8 Å². The minimum absolute atomic E-state index is 0.0528. The van der Waals surface area contributed by atoms with Gasteiger partial charge < -0.3 is 13.9 Å². The fraction of sp³-hybridized carbons (Fsp3) is 0.500. The molecule has 0 radical (unpaired) electrons. The molecule has 2 heterocycles. The lowest BCUT2D eigenvalue weighted by atomic mass is 9.76. The number of aryl methyl sites for hydroxylation is 1. The van der Waals surface area contributed by atoms with Crippen molar-refractivity contribution >= 4 is 30.5 Å². The molecule has 0 atom stereocenters. The second-order valence-corrected chi connectivity index (χ2v) is 8.23. The monoisotopic (exact) mass is 388 g/mol. The summed E-state index contributed by atoms with van der Waals surface area (Å²) in [4.78, 5) is 15.8. The van der Waals surface area contributed by atoms with Crippen LogP contribution in [0.3, 0.4) is 0 Å². The maximum Gasteiger partial charge on any atom is 0.493 e. The molecule has 7 heteroatoms. The van der Waals surface area contributed by atoms with Gasteiger partial charge in [0.05, 0.1) is 0 Å². The summed E-state index contributed by atoms with van der Waals surface area (Å²) in [7, 11) is -0.319. The maximum absolute atomic E-state index is 11.5. The Morgan fingerprint density at radius 3 is 2.52 bits per heavy atom. The molecule has 0 spiro atoms. The highest BCUT2D eigenvalue weighted by molar-refractivity contribution is 6.61.